The van der Waals surface area contributed by atoms with Crippen molar-refractivity contribution in [1.29, 1.82) is 0 Å². The first-order valence-corrected chi connectivity index (χ1v) is 9.50. The second-order valence-corrected chi connectivity index (χ2v) is 8.06. The normalized spacial score (nSPS) is 22.1. The summed E-state index contributed by atoms with van der Waals surface area (Å²) in [7, 11) is 0. The van der Waals surface area contributed by atoms with Crippen LogP contribution in [0.3, 0.4) is 0 Å². The van der Waals surface area contributed by atoms with Gasteiger partial charge in [-0.3, -0.25) is 0 Å². The van der Waals surface area contributed by atoms with Gasteiger partial charge in [-0.1, -0.05) is 19.8 Å². The Labute approximate surface area is 133 Å². The molecule has 2 aliphatic rings. The predicted molar refractivity (Wildman–Crippen MR) is 89.8 cm³/mol. The van der Waals surface area contributed by atoms with Gasteiger partial charge in [-0.25, -0.2) is 4.98 Å². The minimum Gasteiger partial charge on any atom is -0.309 e. The predicted octanol–water partition coefficient (Wildman–Crippen LogP) is 3.45. The SMILES string of the molecule is CC1CCN(CCc2ncc(CNC3CCCC3)s2)CC1. The molecule has 0 atom stereocenters. The number of nitrogens with one attached hydrogen (secondary N) is 1. The maximum atomic E-state index is 4.61. The molecular weight excluding hydrogens is 278 g/mol. The molecule has 1 aromatic rings. The summed E-state index contributed by atoms with van der Waals surface area (Å²) >= 11 is 1.91. The third-order valence-electron chi connectivity index (χ3n) is 5.04. The Kier molecular flexibility index (Phi) is 5.67. The Morgan fingerprint density at radius 2 is 2.00 bits per heavy atom. The minimum atomic E-state index is 0.755. The van der Waals surface area contributed by atoms with Crippen molar-refractivity contribution in [2.45, 2.75) is 64.5 Å². The summed E-state index contributed by atoms with van der Waals surface area (Å²) in [5.74, 6) is 0.925. The first kappa shape index (κ1) is 15.4. The van der Waals surface area contributed by atoms with E-state index in [1.165, 1.54) is 68.0 Å². The summed E-state index contributed by atoms with van der Waals surface area (Å²) in [5, 5.41) is 5.00. The fraction of sp³-hybridized carbons (Fsp3) is 0.824. The lowest BCUT2D eigenvalue weighted by molar-refractivity contribution is 0.194. The Balaban J connectivity index is 1.38. The van der Waals surface area contributed by atoms with E-state index in [2.05, 4.69) is 28.3 Å². The quantitative estimate of drug-likeness (QED) is 0.872. The zero-order valence-electron chi connectivity index (χ0n) is 13.3. The average Bonchev–Trinajstić information content (AvgIpc) is 3.16. The van der Waals surface area contributed by atoms with Crippen LogP contribution in [0.2, 0.25) is 0 Å². The third-order valence-corrected chi connectivity index (χ3v) is 6.10. The second-order valence-electron chi connectivity index (χ2n) is 6.86. The standard InChI is InChI=1S/C17H29N3S/c1-14-6-9-20(10-7-14)11-8-17-19-13-16(21-17)12-18-15-4-2-3-5-15/h13-15,18H,2-12H2,1H3. The maximum Gasteiger partial charge on any atom is 0.0940 e. The molecular formula is C17H29N3S. The van der Waals surface area contributed by atoms with Crippen molar-refractivity contribution in [3.8, 4) is 0 Å². The zero-order chi connectivity index (χ0) is 14.5. The van der Waals surface area contributed by atoms with Gasteiger partial charge in [0.15, 0.2) is 0 Å². The summed E-state index contributed by atoms with van der Waals surface area (Å²) in [6, 6.07) is 0.755. The van der Waals surface area contributed by atoms with Crippen molar-refractivity contribution in [3.63, 3.8) is 0 Å². The molecule has 1 aliphatic heterocycles. The molecule has 21 heavy (non-hydrogen) atoms. The first-order valence-electron chi connectivity index (χ1n) is 8.69. The first-order chi connectivity index (χ1) is 10.3. The lowest BCUT2D eigenvalue weighted by Gasteiger charge is -2.29. The van der Waals surface area contributed by atoms with Crippen molar-refractivity contribution in [3.05, 3.63) is 16.1 Å². The van der Waals surface area contributed by atoms with Crippen LogP contribution in [-0.4, -0.2) is 35.6 Å². The second kappa shape index (κ2) is 7.70. The van der Waals surface area contributed by atoms with Crippen LogP contribution in [0.4, 0.5) is 0 Å². The minimum absolute atomic E-state index is 0.755. The van der Waals surface area contributed by atoms with Gasteiger partial charge < -0.3 is 10.2 Å². The number of hydrogen-bond donors (Lipinski definition) is 1. The van der Waals surface area contributed by atoms with Crippen LogP contribution in [0, 0.1) is 5.92 Å². The lowest BCUT2D eigenvalue weighted by Crippen LogP contribution is -2.34. The molecule has 2 fully saturated rings. The van der Waals surface area contributed by atoms with Gasteiger partial charge in [-0.15, -0.1) is 11.3 Å². The van der Waals surface area contributed by atoms with Gasteiger partial charge in [-0.05, 0) is 44.7 Å². The van der Waals surface area contributed by atoms with Crippen LogP contribution in [0.1, 0.15) is 55.3 Å². The number of hydrogen-bond acceptors (Lipinski definition) is 4. The molecule has 4 heteroatoms. The van der Waals surface area contributed by atoms with E-state index in [1.54, 1.807) is 0 Å². The van der Waals surface area contributed by atoms with Crippen LogP contribution < -0.4 is 5.32 Å². The average molecular weight is 308 g/mol. The van der Waals surface area contributed by atoms with E-state index < -0.39 is 0 Å². The topological polar surface area (TPSA) is 28.2 Å². The molecule has 0 bridgehead atoms. The van der Waals surface area contributed by atoms with Gasteiger partial charge in [0.25, 0.3) is 0 Å². The van der Waals surface area contributed by atoms with E-state index in [0.29, 0.717) is 0 Å². The highest BCUT2D eigenvalue weighted by Crippen LogP contribution is 2.20. The largest absolute Gasteiger partial charge is 0.309 e. The monoisotopic (exact) mass is 307 g/mol. The number of thiazole rings is 1. The summed E-state index contributed by atoms with van der Waals surface area (Å²) in [5.41, 5.74) is 0. The highest BCUT2D eigenvalue weighted by Gasteiger charge is 2.16. The molecule has 3 rings (SSSR count). The fourth-order valence-electron chi connectivity index (χ4n) is 3.46. The van der Waals surface area contributed by atoms with Crippen LogP contribution in [0.5, 0.6) is 0 Å². The third kappa shape index (κ3) is 4.76. The van der Waals surface area contributed by atoms with Crippen LogP contribution >= 0.6 is 11.3 Å². The molecule has 0 spiro atoms. The fourth-order valence-corrected chi connectivity index (χ4v) is 4.32. The molecule has 0 radical (unpaired) electrons. The van der Waals surface area contributed by atoms with Gasteiger partial charge in [0.1, 0.15) is 0 Å². The smallest absolute Gasteiger partial charge is 0.0940 e. The maximum absolute atomic E-state index is 4.61. The molecule has 118 valence electrons. The van der Waals surface area contributed by atoms with Gasteiger partial charge >= 0.3 is 0 Å². The number of likely N-dealkylation sites (tertiary alicyclic amines) is 1. The summed E-state index contributed by atoms with van der Waals surface area (Å²) in [4.78, 5) is 8.63. The Bertz CT molecular complexity index is 417. The number of piperidine rings is 1. The van der Waals surface area contributed by atoms with Gasteiger partial charge in [0, 0.05) is 36.6 Å². The van der Waals surface area contributed by atoms with Crippen LogP contribution in [-0.2, 0) is 13.0 Å². The summed E-state index contributed by atoms with van der Waals surface area (Å²) < 4.78 is 0. The van der Waals surface area contributed by atoms with Gasteiger partial charge in [0.05, 0.1) is 5.01 Å². The van der Waals surface area contributed by atoms with E-state index in [1.807, 2.05) is 11.3 Å². The van der Waals surface area contributed by atoms with Crippen molar-refractivity contribution in [2.24, 2.45) is 5.92 Å². The molecule has 3 nitrogen and oxygen atoms in total. The van der Waals surface area contributed by atoms with Crippen molar-refractivity contribution < 1.29 is 0 Å². The van der Waals surface area contributed by atoms with Crippen molar-refractivity contribution in [1.82, 2.24) is 15.2 Å². The Hall–Kier alpha value is -0.450. The number of nitrogens with zero attached hydrogens (tertiary/aromatic N) is 2. The highest BCUT2D eigenvalue weighted by molar-refractivity contribution is 7.11. The molecule has 0 amide bonds. The van der Waals surface area contributed by atoms with E-state index in [0.717, 1.165) is 24.9 Å². The summed E-state index contributed by atoms with van der Waals surface area (Å²) in [6.07, 6.45) is 11.5. The molecule has 1 N–H and O–H groups in total. The van der Waals surface area contributed by atoms with E-state index in [4.69, 9.17) is 0 Å². The molecule has 2 heterocycles. The lowest BCUT2D eigenvalue weighted by atomic mass is 9.99. The molecule has 0 unspecified atom stereocenters. The molecule has 0 aromatic carbocycles. The van der Waals surface area contributed by atoms with Crippen molar-refractivity contribution in [2.75, 3.05) is 19.6 Å². The molecule has 1 aromatic heterocycles. The zero-order valence-corrected chi connectivity index (χ0v) is 14.1. The summed E-state index contributed by atoms with van der Waals surface area (Å²) in [6.45, 7) is 7.15. The van der Waals surface area contributed by atoms with Crippen molar-refractivity contribution >= 4 is 11.3 Å². The highest BCUT2D eigenvalue weighted by atomic mass is 32.1. The molecule has 1 saturated heterocycles. The van der Waals surface area contributed by atoms with Crippen LogP contribution in [0.15, 0.2) is 6.20 Å². The van der Waals surface area contributed by atoms with Gasteiger partial charge in [-0.2, -0.15) is 0 Å². The number of aromatic nitrogens is 1. The van der Waals surface area contributed by atoms with E-state index >= 15 is 0 Å². The Morgan fingerprint density at radius 1 is 1.24 bits per heavy atom. The van der Waals surface area contributed by atoms with E-state index in [-0.39, 0.29) is 0 Å². The molecule has 1 aliphatic carbocycles. The molecule has 1 saturated carbocycles. The van der Waals surface area contributed by atoms with E-state index in [9.17, 15) is 0 Å². The Morgan fingerprint density at radius 3 is 2.76 bits per heavy atom. The van der Waals surface area contributed by atoms with Crippen LogP contribution in [0.25, 0.3) is 0 Å². The van der Waals surface area contributed by atoms with Gasteiger partial charge in [0.2, 0.25) is 0 Å². The number of rotatable bonds is 6.